The average Bonchev–Trinajstić information content (AvgIpc) is 3.11. The van der Waals surface area contributed by atoms with Crippen LogP contribution in [-0.4, -0.2) is 45.8 Å². The molecule has 4 nitrogen and oxygen atoms in total. The van der Waals surface area contributed by atoms with Gasteiger partial charge in [-0.25, -0.2) is 0 Å². The molecule has 0 unspecified atom stereocenters. The average molecular weight is 268 g/mol. The molecule has 0 aromatic rings. The summed E-state index contributed by atoms with van der Waals surface area (Å²) in [6.07, 6.45) is 2.06. The quantitative estimate of drug-likeness (QED) is 0.490. The van der Waals surface area contributed by atoms with Gasteiger partial charge >= 0.3 is 0 Å². The molecule has 0 bridgehead atoms. The molecule has 6 atom stereocenters. The molecule has 1 spiro atoms. The lowest BCUT2D eigenvalue weighted by molar-refractivity contribution is -0.0924. The number of hydrogen-bond acceptors (Lipinski definition) is 4. The van der Waals surface area contributed by atoms with Crippen LogP contribution in [0.3, 0.4) is 0 Å². The van der Waals surface area contributed by atoms with Crippen molar-refractivity contribution in [2.75, 3.05) is 6.61 Å². The lowest BCUT2D eigenvalue weighted by atomic mass is 9.54. The topological polar surface area (TPSA) is 73.2 Å². The highest BCUT2D eigenvalue weighted by molar-refractivity contribution is 5.27. The van der Waals surface area contributed by atoms with Crippen molar-refractivity contribution in [3.05, 3.63) is 11.6 Å². The standard InChI is InChI=1S/C15H24O4/c1-9-4-5-13(2,11(17)6-9)14(3)7-10(16)12(18)15(14)8-19-15/h6,10-12,16-18H,4-5,7-8H2,1-3H3/t10-,11+,12-,13+,14-,15-/m1/s1. The summed E-state index contributed by atoms with van der Waals surface area (Å²) >= 11 is 0. The molecule has 108 valence electrons. The smallest absolute Gasteiger partial charge is 0.126 e. The third-order valence-electron chi connectivity index (χ3n) is 6.24. The van der Waals surface area contributed by atoms with Crippen LogP contribution in [0.15, 0.2) is 11.6 Å². The van der Waals surface area contributed by atoms with Gasteiger partial charge in [0.2, 0.25) is 0 Å². The fraction of sp³-hybridized carbons (Fsp3) is 0.867. The van der Waals surface area contributed by atoms with Gasteiger partial charge < -0.3 is 20.1 Å². The number of hydrogen-bond donors (Lipinski definition) is 3. The van der Waals surface area contributed by atoms with Crippen LogP contribution in [0.25, 0.3) is 0 Å². The number of aliphatic hydroxyl groups excluding tert-OH is 3. The molecular formula is C15H24O4. The molecule has 2 fully saturated rings. The maximum Gasteiger partial charge on any atom is 0.126 e. The van der Waals surface area contributed by atoms with Crippen LogP contribution in [0.2, 0.25) is 0 Å². The third-order valence-corrected chi connectivity index (χ3v) is 6.24. The van der Waals surface area contributed by atoms with E-state index in [9.17, 15) is 15.3 Å². The van der Waals surface area contributed by atoms with Gasteiger partial charge in [-0.2, -0.15) is 0 Å². The van der Waals surface area contributed by atoms with Gasteiger partial charge in [0.25, 0.3) is 0 Å². The SMILES string of the molecule is CC1=C[C@H](O)[C@@](C)([C@@]2(C)C[C@@H](O)[C@@H](O)[C@]23CO3)CC1. The van der Waals surface area contributed by atoms with Crippen LogP contribution in [-0.2, 0) is 4.74 Å². The minimum atomic E-state index is -0.839. The van der Waals surface area contributed by atoms with Crippen LogP contribution in [0, 0.1) is 10.8 Å². The molecule has 3 rings (SSSR count). The van der Waals surface area contributed by atoms with Gasteiger partial charge in [-0.3, -0.25) is 0 Å². The molecule has 4 heteroatoms. The largest absolute Gasteiger partial charge is 0.390 e. The summed E-state index contributed by atoms with van der Waals surface area (Å²) in [5.41, 5.74) is -0.239. The zero-order valence-corrected chi connectivity index (χ0v) is 11.9. The highest BCUT2D eigenvalue weighted by Gasteiger charge is 2.75. The molecular weight excluding hydrogens is 244 g/mol. The first-order valence-corrected chi connectivity index (χ1v) is 7.12. The second-order valence-electron chi connectivity index (χ2n) is 7.10. The molecule has 1 heterocycles. The lowest BCUT2D eigenvalue weighted by Crippen LogP contribution is -2.54. The normalized spacial score (nSPS) is 57.4. The van der Waals surface area contributed by atoms with Crippen molar-refractivity contribution < 1.29 is 20.1 Å². The maximum absolute atomic E-state index is 10.6. The molecule has 1 saturated carbocycles. The van der Waals surface area contributed by atoms with E-state index in [1.165, 1.54) is 5.57 Å². The second kappa shape index (κ2) is 3.82. The van der Waals surface area contributed by atoms with Crippen LogP contribution < -0.4 is 0 Å². The number of epoxide rings is 1. The molecule has 0 radical (unpaired) electrons. The highest BCUT2D eigenvalue weighted by Crippen LogP contribution is 2.66. The summed E-state index contributed by atoms with van der Waals surface area (Å²) in [7, 11) is 0. The van der Waals surface area contributed by atoms with Crippen LogP contribution in [0.4, 0.5) is 0 Å². The van der Waals surface area contributed by atoms with Crippen molar-refractivity contribution in [1.29, 1.82) is 0 Å². The van der Waals surface area contributed by atoms with Gasteiger partial charge in [-0.1, -0.05) is 25.5 Å². The first-order chi connectivity index (χ1) is 8.77. The van der Waals surface area contributed by atoms with Crippen LogP contribution >= 0.6 is 0 Å². The van der Waals surface area contributed by atoms with Crippen molar-refractivity contribution in [3.8, 4) is 0 Å². The van der Waals surface area contributed by atoms with Crippen molar-refractivity contribution >= 4 is 0 Å². The van der Waals surface area contributed by atoms with Gasteiger partial charge in [-0.05, 0) is 26.2 Å². The van der Waals surface area contributed by atoms with E-state index in [2.05, 4.69) is 13.8 Å². The zero-order chi connectivity index (χ0) is 14.1. The van der Waals surface area contributed by atoms with Crippen molar-refractivity contribution in [3.63, 3.8) is 0 Å². The van der Waals surface area contributed by atoms with Gasteiger partial charge in [0.1, 0.15) is 11.7 Å². The number of rotatable bonds is 1. The Morgan fingerprint density at radius 1 is 1.26 bits per heavy atom. The molecule has 0 aromatic heterocycles. The Balaban J connectivity index is 2.02. The second-order valence-corrected chi connectivity index (χ2v) is 7.10. The maximum atomic E-state index is 10.6. The van der Waals surface area contributed by atoms with Crippen LogP contribution in [0.5, 0.6) is 0 Å². The highest BCUT2D eigenvalue weighted by atomic mass is 16.6. The van der Waals surface area contributed by atoms with E-state index in [4.69, 9.17) is 4.74 Å². The van der Waals surface area contributed by atoms with Gasteiger partial charge in [-0.15, -0.1) is 0 Å². The number of ether oxygens (including phenoxy) is 1. The molecule has 3 N–H and O–H groups in total. The molecule has 1 aliphatic heterocycles. The Labute approximate surface area is 114 Å². The van der Waals surface area contributed by atoms with E-state index in [0.717, 1.165) is 12.8 Å². The Morgan fingerprint density at radius 3 is 2.42 bits per heavy atom. The minimum Gasteiger partial charge on any atom is -0.390 e. The number of aliphatic hydroxyl groups is 3. The molecule has 1 saturated heterocycles. The Morgan fingerprint density at radius 2 is 1.89 bits per heavy atom. The van der Waals surface area contributed by atoms with E-state index in [1.54, 1.807) is 0 Å². The molecule has 0 amide bonds. The first kappa shape index (κ1) is 13.6. The minimum absolute atomic E-state index is 0.374. The molecule has 19 heavy (non-hydrogen) atoms. The summed E-state index contributed by atoms with van der Waals surface area (Å²) in [5, 5.41) is 30.9. The monoisotopic (exact) mass is 268 g/mol. The molecule has 2 aliphatic carbocycles. The predicted octanol–water partition coefficient (Wildman–Crippen LogP) is 0.994. The summed E-state index contributed by atoms with van der Waals surface area (Å²) < 4.78 is 5.61. The van der Waals surface area contributed by atoms with E-state index in [-0.39, 0.29) is 5.41 Å². The zero-order valence-electron chi connectivity index (χ0n) is 11.9. The van der Waals surface area contributed by atoms with Gasteiger partial charge in [0.05, 0.1) is 18.8 Å². The Hall–Kier alpha value is -0.420. The van der Waals surface area contributed by atoms with Gasteiger partial charge in [0.15, 0.2) is 0 Å². The summed E-state index contributed by atoms with van der Waals surface area (Å²) in [4.78, 5) is 0. The number of allylic oxidation sites excluding steroid dienone is 1. The van der Waals surface area contributed by atoms with Crippen molar-refractivity contribution in [2.45, 2.75) is 63.9 Å². The van der Waals surface area contributed by atoms with E-state index < -0.39 is 29.3 Å². The summed E-state index contributed by atoms with van der Waals surface area (Å²) in [5.74, 6) is 0. The molecule has 0 aromatic carbocycles. The Kier molecular flexibility index (Phi) is 2.72. The van der Waals surface area contributed by atoms with Crippen LogP contribution in [0.1, 0.15) is 40.0 Å². The van der Waals surface area contributed by atoms with Gasteiger partial charge in [0, 0.05) is 10.8 Å². The van der Waals surface area contributed by atoms with Crippen molar-refractivity contribution in [2.24, 2.45) is 10.8 Å². The third kappa shape index (κ3) is 1.49. The Bertz CT molecular complexity index is 428. The lowest BCUT2D eigenvalue weighted by Gasteiger charge is -2.51. The fourth-order valence-corrected chi connectivity index (χ4v) is 4.37. The molecule has 3 aliphatic rings. The fourth-order valence-electron chi connectivity index (χ4n) is 4.37. The predicted molar refractivity (Wildman–Crippen MR) is 70.5 cm³/mol. The summed E-state index contributed by atoms with van der Waals surface area (Å²) in [6, 6.07) is 0. The van der Waals surface area contributed by atoms with E-state index >= 15 is 0 Å². The summed E-state index contributed by atoms with van der Waals surface area (Å²) in [6.45, 7) is 6.63. The van der Waals surface area contributed by atoms with Crippen molar-refractivity contribution in [1.82, 2.24) is 0 Å². The van der Waals surface area contributed by atoms with E-state index in [1.807, 2.05) is 13.0 Å². The van der Waals surface area contributed by atoms with E-state index in [0.29, 0.717) is 13.0 Å². The first-order valence-electron chi connectivity index (χ1n) is 7.12.